The van der Waals surface area contributed by atoms with Crippen molar-refractivity contribution < 1.29 is 14.3 Å². The lowest BCUT2D eigenvalue weighted by Crippen LogP contribution is -2.43. The summed E-state index contributed by atoms with van der Waals surface area (Å²) in [4.78, 5) is 26.7. The number of carbonyl (C=O) groups excluding carboxylic acids is 2. The van der Waals surface area contributed by atoms with Crippen LogP contribution in [-0.2, 0) is 9.59 Å². The molecule has 0 radical (unpaired) electrons. The van der Waals surface area contributed by atoms with Gasteiger partial charge in [0.1, 0.15) is 11.8 Å². The average molecular weight is 403 g/mol. The highest BCUT2D eigenvalue weighted by molar-refractivity contribution is 7.99. The molecule has 7 heteroatoms. The summed E-state index contributed by atoms with van der Waals surface area (Å²) in [6.45, 7) is 0. The van der Waals surface area contributed by atoms with Gasteiger partial charge < -0.3 is 15.0 Å². The minimum Gasteiger partial charge on any atom is -0.497 e. The average Bonchev–Trinajstić information content (AvgIpc) is 3.17. The maximum Gasteiger partial charge on any atom is 0.248 e. The SMILES string of the molecule is COc1ccc(NC(=O)C2CSCN2C(=O)/C=C/c2cccc(Cl)c2)cc1. The van der Waals surface area contributed by atoms with Gasteiger partial charge in [-0.1, -0.05) is 23.7 Å². The number of ether oxygens (including phenoxy) is 1. The lowest BCUT2D eigenvalue weighted by molar-refractivity contribution is -0.132. The van der Waals surface area contributed by atoms with Crippen LogP contribution in [0.25, 0.3) is 6.08 Å². The fraction of sp³-hybridized carbons (Fsp3) is 0.200. The van der Waals surface area contributed by atoms with E-state index in [4.69, 9.17) is 16.3 Å². The summed E-state index contributed by atoms with van der Waals surface area (Å²) < 4.78 is 5.11. The zero-order chi connectivity index (χ0) is 19.2. The number of thioether (sulfide) groups is 1. The Hall–Kier alpha value is -2.44. The largest absolute Gasteiger partial charge is 0.497 e. The second kappa shape index (κ2) is 8.97. The maximum atomic E-state index is 12.6. The van der Waals surface area contributed by atoms with Crippen molar-refractivity contribution in [1.82, 2.24) is 4.90 Å². The number of carbonyl (C=O) groups is 2. The van der Waals surface area contributed by atoms with Crippen molar-refractivity contribution in [2.24, 2.45) is 0 Å². The Morgan fingerprint density at radius 1 is 1.26 bits per heavy atom. The first kappa shape index (κ1) is 19.3. The van der Waals surface area contributed by atoms with Gasteiger partial charge in [0.25, 0.3) is 0 Å². The molecule has 2 aromatic carbocycles. The summed E-state index contributed by atoms with van der Waals surface area (Å²) >= 11 is 7.51. The van der Waals surface area contributed by atoms with Crippen LogP contribution >= 0.6 is 23.4 Å². The number of amides is 2. The van der Waals surface area contributed by atoms with E-state index >= 15 is 0 Å². The van der Waals surface area contributed by atoms with Gasteiger partial charge in [-0.3, -0.25) is 9.59 Å². The molecule has 0 saturated carbocycles. The van der Waals surface area contributed by atoms with E-state index in [0.717, 1.165) is 5.56 Å². The van der Waals surface area contributed by atoms with E-state index in [0.29, 0.717) is 28.1 Å². The second-order valence-corrected chi connectivity index (χ2v) is 7.37. The van der Waals surface area contributed by atoms with Crippen molar-refractivity contribution in [3.05, 3.63) is 65.2 Å². The van der Waals surface area contributed by atoms with Crippen LogP contribution in [0, 0.1) is 0 Å². The molecule has 1 aliphatic heterocycles. The molecule has 0 spiro atoms. The zero-order valence-corrected chi connectivity index (χ0v) is 16.3. The van der Waals surface area contributed by atoms with Gasteiger partial charge in [0.05, 0.1) is 13.0 Å². The lowest BCUT2D eigenvalue weighted by atomic mass is 10.2. The fourth-order valence-corrected chi connectivity index (χ4v) is 4.01. The summed E-state index contributed by atoms with van der Waals surface area (Å²) in [5, 5.41) is 3.47. The Kier molecular flexibility index (Phi) is 6.42. The van der Waals surface area contributed by atoms with Gasteiger partial charge >= 0.3 is 0 Å². The molecule has 1 heterocycles. The highest BCUT2D eigenvalue weighted by Crippen LogP contribution is 2.23. The highest BCUT2D eigenvalue weighted by atomic mass is 35.5. The van der Waals surface area contributed by atoms with Gasteiger partial charge in [0.2, 0.25) is 11.8 Å². The number of hydrogen-bond acceptors (Lipinski definition) is 4. The van der Waals surface area contributed by atoms with E-state index in [9.17, 15) is 9.59 Å². The van der Waals surface area contributed by atoms with Gasteiger partial charge in [-0.25, -0.2) is 0 Å². The van der Waals surface area contributed by atoms with Crippen LogP contribution in [-0.4, -0.2) is 41.5 Å². The number of nitrogens with zero attached hydrogens (tertiary/aromatic N) is 1. The molecule has 140 valence electrons. The smallest absolute Gasteiger partial charge is 0.248 e. The molecule has 0 bridgehead atoms. The second-order valence-electron chi connectivity index (χ2n) is 5.93. The van der Waals surface area contributed by atoms with E-state index in [2.05, 4.69) is 5.32 Å². The monoisotopic (exact) mass is 402 g/mol. The van der Waals surface area contributed by atoms with Crippen LogP contribution in [0.1, 0.15) is 5.56 Å². The number of rotatable bonds is 5. The molecule has 1 atom stereocenters. The number of anilines is 1. The van der Waals surface area contributed by atoms with Crippen molar-refractivity contribution >= 4 is 46.9 Å². The van der Waals surface area contributed by atoms with Crippen LogP contribution in [0.4, 0.5) is 5.69 Å². The molecule has 5 nitrogen and oxygen atoms in total. The minimum atomic E-state index is -0.506. The molecule has 3 rings (SSSR count). The summed E-state index contributed by atoms with van der Waals surface area (Å²) in [7, 11) is 1.59. The highest BCUT2D eigenvalue weighted by Gasteiger charge is 2.33. The Morgan fingerprint density at radius 2 is 2.04 bits per heavy atom. The Bertz CT molecular complexity index is 855. The topological polar surface area (TPSA) is 58.6 Å². The van der Waals surface area contributed by atoms with Crippen LogP contribution in [0.5, 0.6) is 5.75 Å². The van der Waals surface area contributed by atoms with Crippen molar-refractivity contribution in [3.63, 3.8) is 0 Å². The first-order chi connectivity index (χ1) is 13.1. The summed E-state index contributed by atoms with van der Waals surface area (Å²) in [6, 6.07) is 13.8. The maximum absolute atomic E-state index is 12.6. The molecule has 2 aromatic rings. The summed E-state index contributed by atoms with van der Waals surface area (Å²) in [6.07, 6.45) is 3.18. The van der Waals surface area contributed by atoms with E-state index in [1.807, 2.05) is 12.1 Å². The predicted octanol–water partition coefficient (Wildman–Crippen LogP) is 3.90. The van der Waals surface area contributed by atoms with Gasteiger partial charge in [-0.05, 0) is 48.0 Å². The third-order valence-electron chi connectivity index (χ3n) is 4.09. The number of nitrogens with one attached hydrogen (secondary N) is 1. The summed E-state index contributed by atoms with van der Waals surface area (Å²) in [5.41, 5.74) is 1.50. The molecule has 27 heavy (non-hydrogen) atoms. The molecule has 1 saturated heterocycles. The molecule has 1 fully saturated rings. The molecule has 1 N–H and O–H groups in total. The normalized spacial score (nSPS) is 16.5. The van der Waals surface area contributed by atoms with E-state index in [1.54, 1.807) is 66.2 Å². The first-order valence-corrected chi connectivity index (χ1v) is 9.87. The Balaban J connectivity index is 1.64. The van der Waals surface area contributed by atoms with Gasteiger partial charge in [0, 0.05) is 22.5 Å². The fourth-order valence-electron chi connectivity index (χ4n) is 2.65. The lowest BCUT2D eigenvalue weighted by Gasteiger charge is -2.21. The van der Waals surface area contributed by atoms with Gasteiger partial charge in [-0.15, -0.1) is 11.8 Å². The number of halogens is 1. The van der Waals surface area contributed by atoms with Crippen molar-refractivity contribution in [1.29, 1.82) is 0 Å². The van der Waals surface area contributed by atoms with Crippen LogP contribution in [0.15, 0.2) is 54.6 Å². The zero-order valence-electron chi connectivity index (χ0n) is 14.7. The van der Waals surface area contributed by atoms with Crippen LogP contribution < -0.4 is 10.1 Å². The molecule has 1 aliphatic rings. The van der Waals surface area contributed by atoms with Crippen molar-refractivity contribution in [2.75, 3.05) is 24.1 Å². The molecule has 2 amide bonds. The van der Waals surface area contributed by atoms with E-state index in [-0.39, 0.29) is 11.8 Å². The van der Waals surface area contributed by atoms with Crippen LogP contribution in [0.3, 0.4) is 0 Å². The molecule has 0 aliphatic carbocycles. The van der Waals surface area contributed by atoms with E-state index in [1.165, 1.54) is 6.08 Å². The van der Waals surface area contributed by atoms with Crippen molar-refractivity contribution in [2.45, 2.75) is 6.04 Å². The molecular weight excluding hydrogens is 384 g/mol. The minimum absolute atomic E-state index is 0.199. The third kappa shape index (κ3) is 5.05. The van der Waals surface area contributed by atoms with E-state index < -0.39 is 6.04 Å². The van der Waals surface area contributed by atoms with Gasteiger partial charge in [0.15, 0.2) is 0 Å². The molecule has 0 aromatic heterocycles. The number of benzene rings is 2. The third-order valence-corrected chi connectivity index (χ3v) is 5.34. The molecule has 1 unspecified atom stereocenters. The quantitative estimate of drug-likeness (QED) is 0.770. The Labute approximate surface area is 167 Å². The number of methoxy groups -OCH3 is 1. The van der Waals surface area contributed by atoms with Gasteiger partial charge in [-0.2, -0.15) is 0 Å². The summed E-state index contributed by atoms with van der Waals surface area (Å²) in [5.74, 6) is 1.37. The standard InChI is InChI=1S/C20H19ClN2O3S/c1-26-17-8-6-16(7-9-17)22-20(25)18-12-27-13-23(18)19(24)10-5-14-3-2-4-15(21)11-14/h2-11,18H,12-13H2,1H3,(H,22,25)/b10-5+. The number of hydrogen-bond donors (Lipinski definition) is 1. The van der Waals surface area contributed by atoms with Crippen molar-refractivity contribution in [3.8, 4) is 5.75 Å². The predicted molar refractivity (Wildman–Crippen MR) is 110 cm³/mol. The first-order valence-electron chi connectivity index (χ1n) is 8.34. The van der Waals surface area contributed by atoms with Crippen LogP contribution in [0.2, 0.25) is 5.02 Å². The Morgan fingerprint density at radius 3 is 2.74 bits per heavy atom. The molecular formula is C20H19ClN2O3S.